The van der Waals surface area contributed by atoms with Crippen LogP contribution in [0, 0.1) is 0 Å². The monoisotopic (exact) mass is 877 g/mol. The van der Waals surface area contributed by atoms with Crippen molar-refractivity contribution in [2.24, 2.45) is 0 Å². The third kappa shape index (κ3) is 16.0. The van der Waals surface area contributed by atoms with Gasteiger partial charge in [-0.15, -0.1) is 0 Å². The van der Waals surface area contributed by atoms with Gasteiger partial charge in [0.2, 0.25) is 0 Å². The topological polar surface area (TPSA) is 80.9 Å². The molecule has 0 amide bonds. The molecule has 0 atom stereocenters. The van der Waals surface area contributed by atoms with E-state index in [0.29, 0.717) is 66.5 Å². The first-order valence-electron chi connectivity index (χ1n) is 18.2. The van der Waals surface area contributed by atoms with Crippen molar-refractivity contribution >= 4 is 33.3 Å². The van der Waals surface area contributed by atoms with Gasteiger partial charge in [0.25, 0.3) is 0 Å². The van der Waals surface area contributed by atoms with Crippen LogP contribution in [0.15, 0.2) is 0 Å². The summed E-state index contributed by atoms with van der Waals surface area (Å²) in [4.78, 5) is 41.5. The van der Waals surface area contributed by atoms with Crippen molar-refractivity contribution in [3.63, 3.8) is 0 Å². The maximum atomic E-state index is 10.4. The first kappa shape index (κ1) is 56.0. The third-order valence-corrected chi connectivity index (χ3v) is 33.3. The zero-order valence-corrected chi connectivity index (χ0v) is 42.8. The van der Waals surface area contributed by atoms with Gasteiger partial charge in [0.05, 0.1) is 0 Å². The largest absolute Gasteiger partial charge is 0.431 e. The van der Waals surface area contributed by atoms with Crippen LogP contribution in [0.3, 0.4) is 0 Å². The first-order valence-corrected chi connectivity index (χ1v) is 26.9. The van der Waals surface area contributed by atoms with Gasteiger partial charge >= 0.3 is 0 Å². The fourth-order valence-electron chi connectivity index (χ4n) is 8.00. The molecular formula is C36H88HfO4Si4. The second kappa shape index (κ2) is 23.9. The normalized spacial score (nSPS) is 13.3. The zero-order valence-electron chi connectivity index (χ0n) is 35.2. The standard InChI is InChI=1S/4C9H22OSi.Hf/c4*1-7(2)11(10,8(3)4)9(5)6;/h4*7-10H,1-6H3;. The van der Waals surface area contributed by atoms with Crippen molar-refractivity contribution in [2.45, 2.75) is 233 Å². The average molecular weight is 876 g/mol. The van der Waals surface area contributed by atoms with Crippen LogP contribution in [0.2, 0.25) is 66.5 Å². The summed E-state index contributed by atoms with van der Waals surface area (Å²) in [5.41, 5.74) is 5.69. The second-order valence-corrected chi connectivity index (χ2v) is 38.4. The molecule has 0 aliphatic heterocycles. The minimum Gasteiger partial charge on any atom is -0.431 e. The summed E-state index contributed by atoms with van der Waals surface area (Å²) in [5.74, 6) is 0. The molecule has 4 nitrogen and oxygen atoms in total. The van der Waals surface area contributed by atoms with Gasteiger partial charge in [-0.1, -0.05) is 166 Å². The molecule has 276 valence electrons. The van der Waals surface area contributed by atoms with Crippen LogP contribution >= 0.6 is 0 Å². The van der Waals surface area contributed by atoms with Crippen molar-refractivity contribution in [1.82, 2.24) is 0 Å². The molecule has 0 aromatic carbocycles. The predicted octanol–water partition coefficient (Wildman–Crippen LogP) is 12.6. The Hall–Kier alpha value is 1.58. The molecule has 9 heteroatoms. The summed E-state index contributed by atoms with van der Waals surface area (Å²) < 4.78 is 0. The second-order valence-electron chi connectivity index (χ2n) is 17.4. The van der Waals surface area contributed by atoms with E-state index in [4.69, 9.17) is 0 Å². The zero-order chi connectivity index (χ0) is 36.9. The van der Waals surface area contributed by atoms with E-state index in [1.54, 1.807) is 0 Å². The van der Waals surface area contributed by atoms with Crippen molar-refractivity contribution in [3.05, 3.63) is 0 Å². The molecule has 0 aliphatic rings. The first-order chi connectivity index (χ1) is 19.3. The fourth-order valence-corrected chi connectivity index (χ4v) is 24.0. The Morgan fingerprint density at radius 3 is 0.244 bits per heavy atom. The minimum atomic E-state index is -1.98. The summed E-state index contributed by atoms with van der Waals surface area (Å²) in [5, 5.41) is 0. The van der Waals surface area contributed by atoms with Gasteiger partial charge in [-0.05, 0) is 66.5 Å². The van der Waals surface area contributed by atoms with E-state index in [1.165, 1.54) is 0 Å². The molecule has 0 radical (unpaired) electrons. The van der Waals surface area contributed by atoms with E-state index in [1.807, 2.05) is 0 Å². The molecule has 0 rings (SSSR count). The van der Waals surface area contributed by atoms with Gasteiger partial charge in [-0.25, -0.2) is 0 Å². The van der Waals surface area contributed by atoms with E-state index >= 15 is 0 Å². The Kier molecular flexibility index (Phi) is 29.7. The van der Waals surface area contributed by atoms with Gasteiger partial charge < -0.3 is 19.2 Å². The van der Waals surface area contributed by atoms with E-state index < -0.39 is 33.3 Å². The summed E-state index contributed by atoms with van der Waals surface area (Å²) in [6, 6.07) is 0. The molecule has 0 spiro atoms. The van der Waals surface area contributed by atoms with E-state index in [0.717, 1.165) is 0 Å². The Morgan fingerprint density at radius 2 is 0.244 bits per heavy atom. The van der Waals surface area contributed by atoms with Gasteiger partial charge in [0.15, 0.2) is 33.3 Å². The smallest absolute Gasteiger partial charge is 0.196 e. The van der Waals surface area contributed by atoms with Gasteiger partial charge in [0, 0.05) is 25.8 Å². The van der Waals surface area contributed by atoms with Crippen LogP contribution in [0.1, 0.15) is 166 Å². The number of hydrogen-bond acceptors (Lipinski definition) is 4. The van der Waals surface area contributed by atoms with Crippen LogP contribution < -0.4 is 0 Å². The van der Waals surface area contributed by atoms with Crippen molar-refractivity contribution < 1.29 is 45.0 Å². The quantitative estimate of drug-likeness (QED) is 0.147. The molecule has 0 saturated heterocycles. The van der Waals surface area contributed by atoms with Crippen LogP contribution in [-0.2, 0) is 25.8 Å². The van der Waals surface area contributed by atoms with E-state index in [-0.39, 0.29) is 25.8 Å². The SMILES string of the molecule is CC(C)[Si](O)(C(C)C)C(C)C.CC(C)[Si](O)(C(C)C)C(C)C.CC(C)[Si](O)(C(C)C)C(C)C.CC(C)[Si](O)(C(C)C)C(C)C.[Hf]. The van der Waals surface area contributed by atoms with Crippen molar-refractivity contribution in [2.75, 3.05) is 0 Å². The summed E-state index contributed by atoms with van der Waals surface area (Å²) in [6.45, 7) is 51.5. The van der Waals surface area contributed by atoms with Gasteiger partial charge in [0.1, 0.15) is 0 Å². The van der Waals surface area contributed by atoms with Crippen LogP contribution in [0.25, 0.3) is 0 Å². The molecule has 45 heavy (non-hydrogen) atoms. The predicted molar refractivity (Wildman–Crippen MR) is 213 cm³/mol. The molecule has 0 aromatic heterocycles. The molecular weight excluding hydrogens is 787 g/mol. The molecule has 0 aromatic rings. The Bertz CT molecular complexity index is 515. The van der Waals surface area contributed by atoms with E-state index in [2.05, 4.69) is 166 Å². The Balaban J connectivity index is -0.000000157. The number of rotatable bonds is 12. The van der Waals surface area contributed by atoms with Crippen LogP contribution in [0.4, 0.5) is 0 Å². The van der Waals surface area contributed by atoms with Crippen molar-refractivity contribution in [3.8, 4) is 0 Å². The maximum absolute atomic E-state index is 10.4. The number of hydrogen-bond donors (Lipinski definition) is 4. The summed E-state index contributed by atoms with van der Waals surface area (Å²) >= 11 is 0. The molecule has 0 bridgehead atoms. The van der Waals surface area contributed by atoms with Gasteiger partial charge in [-0.3, -0.25) is 0 Å². The molecule has 0 aliphatic carbocycles. The van der Waals surface area contributed by atoms with Crippen LogP contribution in [0.5, 0.6) is 0 Å². The average Bonchev–Trinajstić information content (AvgIpc) is 2.85. The third-order valence-electron chi connectivity index (χ3n) is 11.1. The summed E-state index contributed by atoms with van der Waals surface area (Å²) in [6.07, 6.45) is 0. The summed E-state index contributed by atoms with van der Waals surface area (Å²) in [7, 11) is -7.93. The van der Waals surface area contributed by atoms with Crippen LogP contribution in [-0.4, -0.2) is 52.5 Å². The Labute approximate surface area is 309 Å². The maximum Gasteiger partial charge on any atom is 0.196 e. The van der Waals surface area contributed by atoms with E-state index in [9.17, 15) is 19.2 Å². The molecule has 0 fully saturated rings. The minimum absolute atomic E-state index is 0. The van der Waals surface area contributed by atoms with Crippen molar-refractivity contribution in [1.29, 1.82) is 0 Å². The van der Waals surface area contributed by atoms with Gasteiger partial charge in [-0.2, -0.15) is 0 Å². The fraction of sp³-hybridized carbons (Fsp3) is 1.00. The molecule has 4 N–H and O–H groups in total. The Morgan fingerprint density at radius 1 is 0.200 bits per heavy atom. The molecule has 0 heterocycles. The molecule has 0 unspecified atom stereocenters. The molecule has 0 saturated carbocycles.